The molecule has 1 saturated carbocycles. The highest BCUT2D eigenvalue weighted by Gasteiger charge is 2.47. The fourth-order valence-corrected chi connectivity index (χ4v) is 3.37. The largest absolute Gasteiger partial charge is 0.392 e. The second-order valence-electron chi connectivity index (χ2n) is 7.36. The van der Waals surface area contributed by atoms with Crippen molar-refractivity contribution < 1.29 is 13.2 Å². The van der Waals surface area contributed by atoms with Gasteiger partial charge in [-0.2, -0.15) is 13.2 Å². The molecule has 1 rings (SSSR count). The van der Waals surface area contributed by atoms with Crippen LogP contribution in [0.1, 0.15) is 66.2 Å². The predicted octanol–water partition coefficient (Wildman–Crippen LogP) is 5.16. The summed E-state index contributed by atoms with van der Waals surface area (Å²) in [5.41, 5.74) is 0.177. The summed E-state index contributed by atoms with van der Waals surface area (Å²) in [6, 6.07) is 0.00569. The second-order valence-corrected chi connectivity index (χ2v) is 7.36. The van der Waals surface area contributed by atoms with E-state index in [4.69, 9.17) is 0 Å². The van der Waals surface area contributed by atoms with E-state index in [2.05, 4.69) is 26.1 Å². The third-order valence-corrected chi connectivity index (χ3v) is 4.43. The molecule has 3 unspecified atom stereocenters. The quantitative estimate of drug-likeness (QED) is 0.738. The van der Waals surface area contributed by atoms with Crippen LogP contribution in [0, 0.1) is 17.3 Å². The van der Waals surface area contributed by atoms with Crippen LogP contribution >= 0.6 is 0 Å². The Morgan fingerprint density at radius 3 is 2.20 bits per heavy atom. The monoisotopic (exact) mass is 293 g/mol. The Balaban J connectivity index is 2.76. The smallest absolute Gasteiger partial charge is 0.314 e. The van der Waals surface area contributed by atoms with Crippen molar-refractivity contribution in [3.05, 3.63) is 0 Å². The van der Waals surface area contributed by atoms with Gasteiger partial charge in [-0.15, -0.1) is 0 Å². The molecule has 0 bridgehead atoms. The van der Waals surface area contributed by atoms with Crippen molar-refractivity contribution in [3.63, 3.8) is 0 Å². The number of halogens is 3. The van der Waals surface area contributed by atoms with Crippen LogP contribution in [0.5, 0.6) is 0 Å². The summed E-state index contributed by atoms with van der Waals surface area (Å²) < 4.78 is 39.7. The molecule has 0 heterocycles. The van der Waals surface area contributed by atoms with Gasteiger partial charge in [0.25, 0.3) is 0 Å². The fraction of sp³-hybridized carbons (Fsp3) is 1.00. The predicted molar refractivity (Wildman–Crippen MR) is 77.7 cm³/mol. The minimum absolute atomic E-state index is 0.00569. The number of alkyl halides is 3. The van der Waals surface area contributed by atoms with E-state index in [1.54, 1.807) is 0 Å². The summed E-state index contributed by atoms with van der Waals surface area (Å²) in [5, 5.41) is 3.33. The van der Waals surface area contributed by atoms with Crippen molar-refractivity contribution in [1.82, 2.24) is 5.32 Å². The third-order valence-electron chi connectivity index (χ3n) is 4.43. The molecule has 120 valence electrons. The normalized spacial score (nSPS) is 26.6. The van der Waals surface area contributed by atoms with Gasteiger partial charge in [0.2, 0.25) is 0 Å². The Morgan fingerprint density at radius 2 is 1.70 bits per heavy atom. The van der Waals surface area contributed by atoms with Crippen molar-refractivity contribution >= 4 is 0 Å². The summed E-state index contributed by atoms with van der Waals surface area (Å²) in [7, 11) is 0. The maximum atomic E-state index is 13.2. The van der Waals surface area contributed by atoms with Crippen molar-refractivity contribution in [3.8, 4) is 0 Å². The highest BCUT2D eigenvalue weighted by atomic mass is 19.4. The molecular formula is C16H30F3N. The van der Waals surface area contributed by atoms with E-state index in [9.17, 15) is 13.2 Å². The molecule has 0 aliphatic heterocycles. The van der Waals surface area contributed by atoms with Crippen LogP contribution < -0.4 is 5.32 Å². The average molecular weight is 293 g/mol. The first-order valence-corrected chi connectivity index (χ1v) is 7.95. The van der Waals surface area contributed by atoms with Gasteiger partial charge >= 0.3 is 6.18 Å². The van der Waals surface area contributed by atoms with Gasteiger partial charge in [-0.3, -0.25) is 0 Å². The first-order valence-electron chi connectivity index (χ1n) is 7.95. The Labute approximate surface area is 121 Å². The zero-order chi connectivity index (χ0) is 15.4. The van der Waals surface area contributed by atoms with Crippen molar-refractivity contribution in [1.29, 1.82) is 0 Å². The molecule has 0 amide bonds. The molecule has 1 aliphatic carbocycles. The number of hydrogen-bond donors (Lipinski definition) is 1. The topological polar surface area (TPSA) is 12.0 Å². The maximum absolute atomic E-state index is 13.2. The van der Waals surface area contributed by atoms with Crippen LogP contribution in [-0.2, 0) is 0 Å². The lowest BCUT2D eigenvalue weighted by atomic mass is 9.72. The summed E-state index contributed by atoms with van der Waals surface area (Å²) in [5.74, 6) is -1.36. The van der Waals surface area contributed by atoms with E-state index >= 15 is 0 Å². The van der Waals surface area contributed by atoms with E-state index in [1.165, 1.54) is 0 Å². The molecule has 0 aromatic carbocycles. The van der Waals surface area contributed by atoms with E-state index in [0.29, 0.717) is 12.8 Å². The minimum atomic E-state index is -4.04. The van der Waals surface area contributed by atoms with Crippen LogP contribution in [0.4, 0.5) is 13.2 Å². The standard InChI is InChI=1S/C16H30F3N/c1-5-20-14(10-11-15(2,3)4)12-8-6-7-9-13(12)16(17,18)19/h12-14,20H,5-11H2,1-4H3. The zero-order valence-electron chi connectivity index (χ0n) is 13.3. The van der Waals surface area contributed by atoms with E-state index < -0.39 is 12.1 Å². The lowest BCUT2D eigenvalue weighted by Crippen LogP contribution is -2.46. The van der Waals surface area contributed by atoms with Crippen molar-refractivity contribution in [2.45, 2.75) is 78.4 Å². The second kappa shape index (κ2) is 7.15. The number of nitrogens with one attached hydrogen (secondary N) is 1. The number of hydrogen-bond acceptors (Lipinski definition) is 1. The first kappa shape index (κ1) is 17.8. The van der Waals surface area contributed by atoms with Crippen molar-refractivity contribution in [2.75, 3.05) is 6.54 Å². The summed E-state index contributed by atoms with van der Waals surface area (Å²) in [6.45, 7) is 9.18. The molecule has 4 heteroatoms. The highest BCUT2D eigenvalue weighted by Crippen LogP contribution is 2.44. The van der Waals surface area contributed by atoms with Crippen LogP contribution in [0.15, 0.2) is 0 Å². The van der Waals surface area contributed by atoms with Gasteiger partial charge in [0.05, 0.1) is 5.92 Å². The van der Waals surface area contributed by atoms with Crippen LogP contribution in [0.25, 0.3) is 0 Å². The SMILES string of the molecule is CCNC(CCC(C)(C)C)C1CCCCC1C(F)(F)F. The Morgan fingerprint density at radius 1 is 1.10 bits per heavy atom. The Kier molecular flexibility index (Phi) is 6.36. The van der Waals surface area contributed by atoms with Crippen molar-refractivity contribution in [2.24, 2.45) is 17.3 Å². The molecule has 20 heavy (non-hydrogen) atoms. The van der Waals surface area contributed by atoms with Crippen LogP contribution in [0.3, 0.4) is 0 Å². The Bertz CT molecular complexity index is 280. The zero-order valence-corrected chi connectivity index (χ0v) is 13.3. The van der Waals surface area contributed by atoms with Gasteiger partial charge in [-0.1, -0.05) is 40.5 Å². The first-order chi connectivity index (χ1) is 9.15. The molecule has 0 saturated heterocycles. The van der Waals surface area contributed by atoms with Crippen LogP contribution in [-0.4, -0.2) is 18.8 Å². The molecule has 0 aromatic rings. The molecule has 0 aromatic heterocycles. The lowest BCUT2D eigenvalue weighted by molar-refractivity contribution is -0.199. The highest BCUT2D eigenvalue weighted by molar-refractivity contribution is 4.89. The summed E-state index contributed by atoms with van der Waals surface area (Å²) in [6.07, 6.45) is 0.450. The molecule has 1 fully saturated rings. The van der Waals surface area contributed by atoms with Gasteiger partial charge in [0.15, 0.2) is 0 Å². The van der Waals surface area contributed by atoms with Gasteiger partial charge in [0.1, 0.15) is 0 Å². The van der Waals surface area contributed by atoms with E-state index in [1.807, 2.05) is 6.92 Å². The molecule has 3 atom stereocenters. The summed E-state index contributed by atoms with van der Waals surface area (Å²) in [4.78, 5) is 0. The molecule has 1 aliphatic rings. The lowest BCUT2D eigenvalue weighted by Gasteiger charge is -2.39. The summed E-state index contributed by atoms with van der Waals surface area (Å²) >= 11 is 0. The minimum Gasteiger partial charge on any atom is -0.314 e. The van der Waals surface area contributed by atoms with Gasteiger partial charge in [0, 0.05) is 6.04 Å². The molecule has 1 N–H and O–H groups in total. The Hall–Kier alpha value is -0.250. The van der Waals surface area contributed by atoms with E-state index in [0.717, 1.165) is 32.2 Å². The molecular weight excluding hydrogens is 263 g/mol. The average Bonchev–Trinajstić information content (AvgIpc) is 2.32. The maximum Gasteiger partial charge on any atom is 0.392 e. The van der Waals surface area contributed by atoms with E-state index in [-0.39, 0.29) is 17.4 Å². The molecule has 1 nitrogen and oxygen atoms in total. The molecule has 0 radical (unpaired) electrons. The number of rotatable bonds is 5. The fourth-order valence-electron chi connectivity index (χ4n) is 3.37. The molecule has 0 spiro atoms. The third kappa shape index (κ3) is 5.63. The van der Waals surface area contributed by atoms with Crippen LogP contribution in [0.2, 0.25) is 0 Å². The van der Waals surface area contributed by atoms with Gasteiger partial charge in [-0.25, -0.2) is 0 Å². The van der Waals surface area contributed by atoms with Gasteiger partial charge in [-0.05, 0) is 43.6 Å². The van der Waals surface area contributed by atoms with Gasteiger partial charge < -0.3 is 5.32 Å².